The van der Waals surface area contributed by atoms with Crippen molar-refractivity contribution in [3.8, 4) is 0 Å². The second-order valence-corrected chi connectivity index (χ2v) is 6.33. The first-order valence-corrected chi connectivity index (χ1v) is 8.99. The average molecular weight is 338 g/mol. The van der Waals surface area contributed by atoms with Crippen molar-refractivity contribution in [3.63, 3.8) is 0 Å². The molecule has 0 fully saturated rings. The van der Waals surface area contributed by atoms with E-state index in [-0.39, 0.29) is 0 Å². The molecule has 26 heavy (non-hydrogen) atoms. The van der Waals surface area contributed by atoms with Crippen LogP contribution in [0.3, 0.4) is 0 Å². The van der Waals surface area contributed by atoms with Crippen molar-refractivity contribution in [3.05, 3.63) is 103 Å². The van der Waals surface area contributed by atoms with Crippen LogP contribution in [-0.4, -0.2) is 6.54 Å². The Bertz CT molecular complexity index is 955. The normalized spacial score (nSPS) is 10.8. The zero-order valence-corrected chi connectivity index (χ0v) is 14.7. The predicted octanol–water partition coefficient (Wildman–Crippen LogP) is 5.81. The predicted molar refractivity (Wildman–Crippen MR) is 111 cm³/mol. The van der Waals surface area contributed by atoms with Crippen molar-refractivity contribution < 1.29 is 0 Å². The highest BCUT2D eigenvalue weighted by Gasteiger charge is 2.15. The Hall–Kier alpha value is -3.10. The van der Waals surface area contributed by atoms with Gasteiger partial charge in [0.25, 0.3) is 0 Å². The third-order valence-electron chi connectivity index (χ3n) is 4.67. The Morgan fingerprint density at radius 3 is 1.69 bits per heavy atom. The Balaban J connectivity index is 1.96. The molecule has 0 unspecified atom stereocenters. The van der Waals surface area contributed by atoms with E-state index in [0.717, 1.165) is 17.8 Å². The molecule has 0 aliphatic heterocycles. The molecule has 2 nitrogen and oxygen atoms in total. The van der Waals surface area contributed by atoms with Gasteiger partial charge in [0.1, 0.15) is 0 Å². The van der Waals surface area contributed by atoms with E-state index >= 15 is 0 Å². The van der Waals surface area contributed by atoms with E-state index in [2.05, 4.69) is 102 Å². The molecule has 4 rings (SSSR count). The third kappa shape index (κ3) is 3.07. The molecule has 2 N–H and O–H groups in total. The second kappa shape index (κ2) is 7.42. The van der Waals surface area contributed by atoms with Crippen molar-refractivity contribution in [2.45, 2.75) is 6.42 Å². The molecule has 128 valence electrons. The summed E-state index contributed by atoms with van der Waals surface area (Å²) in [6, 6.07) is 34.0. The fourth-order valence-electron chi connectivity index (χ4n) is 3.50. The van der Waals surface area contributed by atoms with E-state index in [9.17, 15) is 0 Å². The van der Waals surface area contributed by atoms with Crippen molar-refractivity contribution in [2.75, 3.05) is 11.4 Å². The number of nitrogens with two attached hydrogens (primary N) is 1. The smallest absolute Gasteiger partial charge is 0.0540 e. The van der Waals surface area contributed by atoms with Gasteiger partial charge in [-0.1, -0.05) is 66.7 Å². The first-order chi connectivity index (χ1) is 12.9. The number of nitrogens with zero attached hydrogens (tertiary/aromatic N) is 1. The number of hydrogen-bond donors (Lipinski definition) is 1. The van der Waals surface area contributed by atoms with Gasteiger partial charge in [-0.15, -0.1) is 0 Å². The van der Waals surface area contributed by atoms with Gasteiger partial charge in [0, 0.05) is 16.8 Å². The number of benzene rings is 4. The maximum absolute atomic E-state index is 5.82. The summed E-state index contributed by atoms with van der Waals surface area (Å²) in [6.45, 7) is 0.657. The van der Waals surface area contributed by atoms with Crippen molar-refractivity contribution in [2.24, 2.45) is 5.73 Å². The lowest BCUT2D eigenvalue weighted by molar-refractivity contribution is 0.977. The first-order valence-electron chi connectivity index (χ1n) is 8.99. The highest BCUT2D eigenvalue weighted by molar-refractivity contribution is 6.00. The van der Waals surface area contributed by atoms with E-state index in [1.165, 1.54) is 22.0 Å². The Kier molecular flexibility index (Phi) is 4.67. The molecule has 0 saturated carbocycles. The average Bonchev–Trinajstić information content (AvgIpc) is 2.71. The van der Waals surface area contributed by atoms with Gasteiger partial charge in [-0.3, -0.25) is 0 Å². The summed E-state index contributed by atoms with van der Waals surface area (Å²) < 4.78 is 0. The molecule has 0 heterocycles. The minimum atomic E-state index is 0.657. The molecule has 0 atom stereocenters. The van der Waals surface area contributed by atoms with E-state index in [0.29, 0.717) is 6.54 Å². The molecule has 0 spiro atoms. The highest BCUT2D eigenvalue weighted by atomic mass is 15.1. The van der Waals surface area contributed by atoms with Gasteiger partial charge >= 0.3 is 0 Å². The summed E-state index contributed by atoms with van der Waals surface area (Å²) in [7, 11) is 0. The maximum atomic E-state index is 5.82. The molecule has 0 saturated heterocycles. The molecule has 4 aromatic rings. The largest absolute Gasteiger partial charge is 0.330 e. The number of anilines is 3. The van der Waals surface area contributed by atoms with Gasteiger partial charge in [-0.2, -0.15) is 0 Å². The maximum Gasteiger partial charge on any atom is 0.0540 e. The summed E-state index contributed by atoms with van der Waals surface area (Å²) >= 11 is 0. The van der Waals surface area contributed by atoms with Gasteiger partial charge in [0.05, 0.1) is 5.69 Å². The fourth-order valence-corrected chi connectivity index (χ4v) is 3.50. The molecule has 0 aliphatic rings. The second-order valence-electron chi connectivity index (χ2n) is 6.33. The summed E-state index contributed by atoms with van der Waals surface area (Å²) in [5.74, 6) is 0. The SMILES string of the molecule is NCCc1ccc(N(c2ccccc2)c2ccccc2)c2ccccc12. The van der Waals surface area contributed by atoms with Gasteiger partial charge in [-0.25, -0.2) is 0 Å². The fraction of sp³-hybridized carbons (Fsp3) is 0.0833. The topological polar surface area (TPSA) is 29.3 Å². The zero-order chi connectivity index (χ0) is 17.8. The van der Waals surface area contributed by atoms with Gasteiger partial charge in [0.2, 0.25) is 0 Å². The van der Waals surface area contributed by atoms with Crippen LogP contribution in [0.15, 0.2) is 97.1 Å². The van der Waals surface area contributed by atoms with Crippen LogP contribution >= 0.6 is 0 Å². The lowest BCUT2D eigenvalue weighted by Crippen LogP contribution is -2.11. The number of para-hydroxylation sites is 2. The van der Waals surface area contributed by atoms with Gasteiger partial charge in [0.15, 0.2) is 0 Å². The van der Waals surface area contributed by atoms with Crippen LogP contribution in [0.4, 0.5) is 17.1 Å². The minimum absolute atomic E-state index is 0.657. The Morgan fingerprint density at radius 2 is 1.12 bits per heavy atom. The molecular formula is C24H22N2. The number of rotatable bonds is 5. The molecule has 0 aliphatic carbocycles. The van der Waals surface area contributed by atoms with Gasteiger partial charge in [-0.05, 0) is 54.2 Å². The quantitative estimate of drug-likeness (QED) is 0.497. The van der Waals surface area contributed by atoms with Crippen molar-refractivity contribution in [1.29, 1.82) is 0 Å². The minimum Gasteiger partial charge on any atom is -0.330 e. The van der Waals surface area contributed by atoms with Crippen LogP contribution in [0, 0.1) is 0 Å². The molecule has 0 bridgehead atoms. The lowest BCUT2D eigenvalue weighted by atomic mass is 9.99. The summed E-state index contributed by atoms with van der Waals surface area (Å²) in [4.78, 5) is 2.31. The number of fused-ring (bicyclic) bond motifs is 1. The molecule has 2 heteroatoms. The van der Waals surface area contributed by atoms with Crippen LogP contribution in [0.2, 0.25) is 0 Å². The molecule has 0 amide bonds. The number of hydrogen-bond acceptors (Lipinski definition) is 2. The van der Waals surface area contributed by atoms with Crippen molar-refractivity contribution in [1.82, 2.24) is 0 Å². The van der Waals surface area contributed by atoms with Gasteiger partial charge < -0.3 is 10.6 Å². The van der Waals surface area contributed by atoms with Crippen LogP contribution < -0.4 is 10.6 Å². The van der Waals surface area contributed by atoms with E-state index in [4.69, 9.17) is 5.73 Å². The van der Waals surface area contributed by atoms with Crippen molar-refractivity contribution >= 4 is 27.8 Å². The molecule has 0 aromatic heterocycles. The highest BCUT2D eigenvalue weighted by Crippen LogP contribution is 2.39. The van der Waals surface area contributed by atoms with E-state index in [1.807, 2.05) is 0 Å². The van der Waals surface area contributed by atoms with Crippen LogP contribution in [0.25, 0.3) is 10.8 Å². The molecule has 4 aromatic carbocycles. The molecular weight excluding hydrogens is 316 g/mol. The van der Waals surface area contributed by atoms with E-state index < -0.39 is 0 Å². The summed E-state index contributed by atoms with van der Waals surface area (Å²) in [5.41, 5.74) is 10.6. The summed E-state index contributed by atoms with van der Waals surface area (Å²) in [6.07, 6.45) is 0.886. The zero-order valence-electron chi connectivity index (χ0n) is 14.7. The van der Waals surface area contributed by atoms with Crippen LogP contribution in [0.1, 0.15) is 5.56 Å². The summed E-state index contributed by atoms with van der Waals surface area (Å²) in [5, 5.41) is 2.51. The van der Waals surface area contributed by atoms with Crippen LogP contribution in [0.5, 0.6) is 0 Å². The lowest BCUT2D eigenvalue weighted by Gasteiger charge is -2.27. The van der Waals surface area contributed by atoms with Crippen LogP contribution in [-0.2, 0) is 6.42 Å². The standard InChI is InChI=1S/C24H22N2/c25-18-17-19-15-16-24(23-14-8-7-13-22(19)23)26(20-9-3-1-4-10-20)21-11-5-2-6-12-21/h1-16H,17-18,25H2. The Labute approximate surface area is 154 Å². The monoisotopic (exact) mass is 338 g/mol. The molecule has 0 radical (unpaired) electrons. The Morgan fingerprint density at radius 1 is 0.577 bits per heavy atom. The first kappa shape index (κ1) is 16.4. The third-order valence-corrected chi connectivity index (χ3v) is 4.67. The van der Waals surface area contributed by atoms with E-state index in [1.54, 1.807) is 0 Å².